The van der Waals surface area contributed by atoms with Gasteiger partial charge in [-0.15, -0.1) is 0 Å². The van der Waals surface area contributed by atoms with Crippen molar-refractivity contribution in [3.05, 3.63) is 350 Å². The van der Waals surface area contributed by atoms with Gasteiger partial charge in [0, 0.05) is 0 Å². The summed E-state index contributed by atoms with van der Waals surface area (Å²) < 4.78 is 0. The molecule has 0 nitrogen and oxygen atoms in total. The van der Waals surface area contributed by atoms with Gasteiger partial charge in [-0.2, -0.15) is 0 Å². The number of hydrogen-bond acceptors (Lipinski definition) is 0. The van der Waals surface area contributed by atoms with E-state index in [4.69, 9.17) is 0 Å². The van der Waals surface area contributed by atoms with Crippen molar-refractivity contribution in [2.24, 2.45) is 0 Å². The molecule has 10 rings (SSSR count). The number of aryl methyl sites for hydroxylation is 25. The third kappa shape index (κ3) is 33.4. The van der Waals surface area contributed by atoms with Gasteiger partial charge < -0.3 is 0 Å². The Morgan fingerprint density at radius 3 is 0.580 bits per heavy atom. The normalized spacial score (nSPS) is 9.59. The van der Waals surface area contributed by atoms with E-state index < -0.39 is 0 Å². The van der Waals surface area contributed by atoms with Crippen LogP contribution in [0.15, 0.2) is 194 Å². The van der Waals surface area contributed by atoms with Gasteiger partial charge in [-0.1, -0.05) is 255 Å². The summed E-state index contributed by atoms with van der Waals surface area (Å²) in [5, 5.41) is 0. The van der Waals surface area contributed by atoms with Crippen LogP contribution in [-0.2, 0) is 0 Å². The molecule has 0 heterocycles. The van der Waals surface area contributed by atoms with E-state index in [0.717, 1.165) is 0 Å². The summed E-state index contributed by atoms with van der Waals surface area (Å²) in [6.45, 7) is 59.8. The van der Waals surface area contributed by atoms with Crippen molar-refractivity contribution >= 4 is 0 Å². The first-order chi connectivity index (χ1) is 41.2. The van der Waals surface area contributed by atoms with Crippen LogP contribution in [0.5, 0.6) is 0 Å². The van der Waals surface area contributed by atoms with Crippen LogP contribution in [0.25, 0.3) is 0 Å². The third-order valence-electron chi connectivity index (χ3n) is 15.9. The van der Waals surface area contributed by atoms with Crippen LogP contribution < -0.4 is 0 Å². The molecule has 0 N–H and O–H groups in total. The zero-order chi connectivity index (χ0) is 66.8. The summed E-state index contributed by atoms with van der Waals surface area (Å²) in [5.41, 5.74) is 38.5. The standard InChI is InChI=1S/3C10H14.3C9H12.3C8H10.C7H8/c1-7-5-9(3)10(4)6-8(7)2;2*1-7-5-8(2)10(4)9(3)6-7;1-7-4-8(2)6-9(3)5-7;1-7-4-5-8(2)9(3)6-7;1-7-5-4-6-8(2)9(7)3;1-7-3-5-8(2)6-4-7;1-7-4-3-5-8(2)6-7;1-7-5-3-4-6-8(7)2;1-7-5-3-2-4-6-7/h3*5-6H,1-4H3;3*4-6H,1-3H3;3*3-6H,1-2H3;2-6H,1H3. The molecule has 0 bridgehead atoms. The van der Waals surface area contributed by atoms with Crippen molar-refractivity contribution in [1.29, 1.82) is 0 Å². The Bertz CT molecular complexity index is 3330. The first-order valence-corrected chi connectivity index (χ1v) is 31.6. The monoisotopic (exact) mass is 1170 g/mol. The Morgan fingerprint density at radius 2 is 0.318 bits per heavy atom. The molecule has 0 radical (unpaired) electrons. The molecule has 0 atom stereocenters. The lowest BCUT2D eigenvalue weighted by molar-refractivity contribution is 1.23. The quantitative estimate of drug-likeness (QED) is 0.142. The molecule has 10 aromatic carbocycles. The molecule has 88 heavy (non-hydrogen) atoms. The Hall–Kier alpha value is -7.80. The molecule has 0 aliphatic heterocycles. The highest BCUT2D eigenvalue weighted by molar-refractivity contribution is 5.38. The van der Waals surface area contributed by atoms with E-state index in [2.05, 4.69) is 370 Å². The van der Waals surface area contributed by atoms with Gasteiger partial charge in [-0.25, -0.2) is 0 Å². The maximum absolute atomic E-state index is 2.24. The van der Waals surface area contributed by atoms with Crippen molar-refractivity contribution in [3.8, 4) is 0 Å². The van der Waals surface area contributed by atoms with Crippen molar-refractivity contribution in [2.75, 3.05) is 0 Å². The molecule has 0 saturated heterocycles. The van der Waals surface area contributed by atoms with E-state index in [1.54, 1.807) is 0 Å². The molecular formula is C88H116. The van der Waals surface area contributed by atoms with Gasteiger partial charge in [0.25, 0.3) is 0 Å². The van der Waals surface area contributed by atoms with Gasteiger partial charge in [-0.05, 0) is 288 Å². The average molecular weight is 1170 g/mol. The molecule has 0 aliphatic rings. The summed E-state index contributed by atoms with van der Waals surface area (Å²) in [5.74, 6) is 0. The number of hydrogen-bond donors (Lipinski definition) is 0. The smallest absolute Gasteiger partial charge is 0.0392 e. The van der Waals surface area contributed by atoms with E-state index in [1.165, 1.54) is 156 Å². The van der Waals surface area contributed by atoms with E-state index in [0.29, 0.717) is 0 Å². The predicted octanol–water partition coefficient (Wildman–Crippen LogP) is 25.5. The third-order valence-corrected chi connectivity index (χ3v) is 15.9. The fourth-order valence-electron chi connectivity index (χ4n) is 9.24. The topological polar surface area (TPSA) is 0 Å². The molecule has 10 aromatic rings. The van der Waals surface area contributed by atoms with Crippen LogP contribution >= 0.6 is 0 Å². The van der Waals surface area contributed by atoms with Crippen molar-refractivity contribution in [3.63, 3.8) is 0 Å². The van der Waals surface area contributed by atoms with E-state index in [-0.39, 0.29) is 0 Å². The molecule has 0 aromatic heterocycles. The lowest BCUT2D eigenvalue weighted by Gasteiger charge is -2.04. The Morgan fingerprint density at radius 1 is 0.114 bits per heavy atom. The maximum Gasteiger partial charge on any atom is -0.0392 e. The molecule has 0 heteroatoms. The minimum atomic E-state index is 1.32. The summed E-state index contributed by atoms with van der Waals surface area (Å²) >= 11 is 0. The first-order valence-electron chi connectivity index (χ1n) is 31.6. The highest BCUT2D eigenvalue weighted by Crippen LogP contribution is 2.17. The Labute approximate surface area is 540 Å². The highest BCUT2D eigenvalue weighted by atomic mass is 14.0. The lowest BCUT2D eigenvalue weighted by Crippen LogP contribution is -1.86. The first kappa shape index (κ1) is 78.2. The van der Waals surface area contributed by atoms with E-state index in [9.17, 15) is 0 Å². The molecule has 468 valence electrons. The van der Waals surface area contributed by atoms with Gasteiger partial charge >= 0.3 is 0 Å². The van der Waals surface area contributed by atoms with Gasteiger partial charge in [0.1, 0.15) is 0 Å². The van der Waals surface area contributed by atoms with Crippen LogP contribution in [-0.4, -0.2) is 0 Å². The van der Waals surface area contributed by atoms with Crippen LogP contribution in [0.2, 0.25) is 0 Å². The van der Waals surface area contributed by atoms with Crippen LogP contribution in [0, 0.1) is 194 Å². The summed E-state index contributed by atoms with van der Waals surface area (Å²) in [6, 6.07) is 68.4. The number of rotatable bonds is 0. The fourth-order valence-corrected chi connectivity index (χ4v) is 9.24. The molecule has 0 unspecified atom stereocenters. The second-order valence-corrected chi connectivity index (χ2v) is 24.9. The fraction of sp³-hybridized carbons (Fsp3) is 0.318. The molecular weight excluding hydrogens is 1060 g/mol. The minimum absolute atomic E-state index is 1.32. The lowest BCUT2D eigenvalue weighted by atomic mass is 10.0. The maximum atomic E-state index is 2.24. The molecule has 0 aliphatic carbocycles. The summed E-state index contributed by atoms with van der Waals surface area (Å²) in [6.07, 6.45) is 0. The van der Waals surface area contributed by atoms with E-state index >= 15 is 0 Å². The largest absolute Gasteiger partial charge is 0.0622 e. The molecule has 0 fully saturated rings. The van der Waals surface area contributed by atoms with Crippen molar-refractivity contribution < 1.29 is 0 Å². The van der Waals surface area contributed by atoms with Crippen LogP contribution in [0.4, 0.5) is 0 Å². The van der Waals surface area contributed by atoms with Crippen LogP contribution in [0.3, 0.4) is 0 Å². The van der Waals surface area contributed by atoms with E-state index in [1.807, 2.05) is 18.2 Å². The summed E-state index contributed by atoms with van der Waals surface area (Å²) in [4.78, 5) is 0. The highest BCUT2D eigenvalue weighted by Gasteiger charge is 1.99. The zero-order valence-corrected chi connectivity index (χ0v) is 60.5. The second-order valence-electron chi connectivity index (χ2n) is 24.9. The van der Waals surface area contributed by atoms with Gasteiger partial charge in [0.05, 0.1) is 0 Å². The SMILES string of the molecule is Cc1cc(C)c(C)c(C)c1.Cc1cc(C)c(C)c(C)c1.Cc1cc(C)c(C)cc1C.Cc1cc(C)cc(C)c1.Cc1ccc(C)c(C)c1.Cc1ccc(C)cc1.Cc1cccc(C)c1.Cc1cccc(C)c1C.Cc1ccccc1.Cc1ccccc1C. The molecule has 0 amide bonds. The van der Waals surface area contributed by atoms with Crippen LogP contribution in [0.1, 0.15) is 156 Å². The minimum Gasteiger partial charge on any atom is -0.0622 e. The average Bonchev–Trinajstić information content (AvgIpc) is 3.10. The van der Waals surface area contributed by atoms with Gasteiger partial charge in [0.15, 0.2) is 0 Å². The molecule has 0 spiro atoms. The Kier molecular flexibility index (Phi) is 36.8. The Balaban J connectivity index is 0.000000490. The predicted molar refractivity (Wildman–Crippen MR) is 397 cm³/mol. The second kappa shape index (κ2) is 41.4. The zero-order valence-electron chi connectivity index (χ0n) is 60.5. The number of benzene rings is 10. The summed E-state index contributed by atoms with van der Waals surface area (Å²) in [7, 11) is 0. The molecule has 0 saturated carbocycles. The van der Waals surface area contributed by atoms with Crippen molar-refractivity contribution in [1.82, 2.24) is 0 Å². The van der Waals surface area contributed by atoms with Crippen molar-refractivity contribution in [2.45, 2.75) is 194 Å². The van der Waals surface area contributed by atoms with Gasteiger partial charge in [-0.3, -0.25) is 0 Å². The van der Waals surface area contributed by atoms with Gasteiger partial charge in [0.2, 0.25) is 0 Å².